The normalized spacial score (nSPS) is 23.1. The van der Waals surface area contributed by atoms with Crippen LogP contribution in [0.3, 0.4) is 0 Å². The van der Waals surface area contributed by atoms with Gasteiger partial charge < -0.3 is 10.6 Å². The van der Waals surface area contributed by atoms with Crippen molar-refractivity contribution in [1.29, 1.82) is 0 Å². The molecule has 1 aliphatic rings. The smallest absolute Gasteiger partial charge is 0.235 e. The predicted octanol–water partition coefficient (Wildman–Crippen LogP) is 2.85. The molecule has 0 saturated heterocycles. The van der Waals surface area contributed by atoms with E-state index < -0.39 is 5.41 Å². The first-order chi connectivity index (χ1) is 10.7. The first kappa shape index (κ1) is 15.0. The molecule has 22 heavy (non-hydrogen) atoms. The summed E-state index contributed by atoms with van der Waals surface area (Å²) >= 11 is 6.11. The molecule has 4 nitrogen and oxygen atoms in total. The fourth-order valence-corrected chi connectivity index (χ4v) is 3.22. The van der Waals surface area contributed by atoms with Crippen molar-refractivity contribution >= 4 is 23.2 Å². The van der Waals surface area contributed by atoms with Gasteiger partial charge in [-0.15, -0.1) is 0 Å². The Labute approximate surface area is 134 Å². The molecule has 1 fully saturated rings. The van der Waals surface area contributed by atoms with E-state index in [9.17, 15) is 4.79 Å². The molecule has 114 valence electrons. The van der Waals surface area contributed by atoms with E-state index >= 15 is 0 Å². The van der Waals surface area contributed by atoms with Crippen LogP contribution in [0.25, 0.3) is 0 Å². The number of carbonyl (C=O) groups is 1. The molecule has 1 aliphatic carbocycles. The maximum atomic E-state index is 12.9. The molecule has 1 aromatic heterocycles. The van der Waals surface area contributed by atoms with Crippen molar-refractivity contribution in [1.82, 2.24) is 10.3 Å². The molecule has 2 N–H and O–H groups in total. The summed E-state index contributed by atoms with van der Waals surface area (Å²) in [6.07, 6.45) is 4.16. The summed E-state index contributed by atoms with van der Waals surface area (Å²) in [4.78, 5) is 16.9. The standard InChI is InChI=1S/C17H18ClN3O/c1-19-10-13-9-17(13,12-4-2-5-14(18)8-12)16(22)21-15-6-3-7-20-11-15/h2-8,11,13,19H,9-10H2,1H3,(H,21,22). The van der Waals surface area contributed by atoms with Gasteiger partial charge in [0, 0.05) is 11.2 Å². The second kappa shape index (κ2) is 6.07. The molecule has 5 heteroatoms. The van der Waals surface area contributed by atoms with E-state index in [1.807, 2.05) is 37.4 Å². The lowest BCUT2D eigenvalue weighted by molar-refractivity contribution is -0.118. The molecule has 1 amide bonds. The topological polar surface area (TPSA) is 54.0 Å². The number of hydrogen-bond donors (Lipinski definition) is 2. The average molecular weight is 316 g/mol. The highest BCUT2D eigenvalue weighted by Gasteiger charge is 2.60. The van der Waals surface area contributed by atoms with Crippen LogP contribution in [0.15, 0.2) is 48.8 Å². The molecule has 0 aliphatic heterocycles. The highest BCUT2D eigenvalue weighted by Crippen LogP contribution is 2.55. The van der Waals surface area contributed by atoms with Gasteiger partial charge in [0.25, 0.3) is 0 Å². The Morgan fingerprint density at radius 2 is 2.27 bits per heavy atom. The van der Waals surface area contributed by atoms with Crippen molar-refractivity contribution in [2.75, 3.05) is 18.9 Å². The average Bonchev–Trinajstić information content (AvgIpc) is 3.24. The molecule has 3 rings (SSSR count). The van der Waals surface area contributed by atoms with Crippen LogP contribution in [0.5, 0.6) is 0 Å². The lowest BCUT2D eigenvalue weighted by atomic mass is 9.92. The van der Waals surface area contributed by atoms with Crippen LogP contribution in [-0.4, -0.2) is 24.5 Å². The van der Waals surface area contributed by atoms with E-state index in [2.05, 4.69) is 15.6 Å². The largest absolute Gasteiger partial charge is 0.324 e. The molecular weight excluding hydrogens is 298 g/mol. The van der Waals surface area contributed by atoms with Gasteiger partial charge >= 0.3 is 0 Å². The third kappa shape index (κ3) is 2.72. The number of nitrogens with zero attached hydrogens (tertiary/aromatic N) is 1. The number of anilines is 1. The molecule has 2 aromatic rings. The number of aromatic nitrogens is 1. The fourth-order valence-electron chi connectivity index (χ4n) is 3.03. The molecule has 0 spiro atoms. The van der Waals surface area contributed by atoms with Crippen LogP contribution in [0.1, 0.15) is 12.0 Å². The second-order valence-corrected chi connectivity index (χ2v) is 6.07. The van der Waals surface area contributed by atoms with E-state index in [0.717, 1.165) is 18.5 Å². The lowest BCUT2D eigenvalue weighted by Crippen LogP contribution is -2.32. The van der Waals surface area contributed by atoms with Crippen molar-refractivity contribution in [3.8, 4) is 0 Å². The number of pyridine rings is 1. The summed E-state index contributed by atoms with van der Waals surface area (Å²) < 4.78 is 0. The van der Waals surface area contributed by atoms with E-state index in [0.29, 0.717) is 10.7 Å². The SMILES string of the molecule is CNCC1CC1(C(=O)Nc1cccnc1)c1cccc(Cl)c1. The Hall–Kier alpha value is -1.91. The van der Waals surface area contributed by atoms with Gasteiger partial charge in [-0.05, 0) is 55.8 Å². The number of hydrogen-bond acceptors (Lipinski definition) is 3. The third-order valence-electron chi connectivity index (χ3n) is 4.22. The van der Waals surface area contributed by atoms with Crippen LogP contribution in [-0.2, 0) is 10.2 Å². The molecule has 2 unspecified atom stereocenters. The zero-order valence-electron chi connectivity index (χ0n) is 12.3. The Balaban J connectivity index is 1.89. The number of amides is 1. The molecule has 2 atom stereocenters. The zero-order chi connectivity index (χ0) is 15.6. The monoisotopic (exact) mass is 315 g/mol. The summed E-state index contributed by atoms with van der Waals surface area (Å²) in [6, 6.07) is 11.2. The number of benzene rings is 1. The number of halogens is 1. The lowest BCUT2D eigenvalue weighted by Gasteiger charge is -2.18. The summed E-state index contributed by atoms with van der Waals surface area (Å²) in [5.41, 5.74) is 1.18. The van der Waals surface area contributed by atoms with E-state index in [-0.39, 0.29) is 11.8 Å². The highest BCUT2D eigenvalue weighted by molar-refractivity contribution is 6.30. The molecule has 0 bridgehead atoms. The van der Waals surface area contributed by atoms with E-state index in [4.69, 9.17) is 11.6 Å². The first-order valence-corrected chi connectivity index (χ1v) is 7.67. The molecule has 1 saturated carbocycles. The maximum absolute atomic E-state index is 12.9. The van der Waals surface area contributed by atoms with Crippen LogP contribution in [0.4, 0.5) is 5.69 Å². The Morgan fingerprint density at radius 1 is 1.41 bits per heavy atom. The maximum Gasteiger partial charge on any atom is 0.235 e. The quantitative estimate of drug-likeness (QED) is 0.892. The molecule has 1 heterocycles. The van der Waals surface area contributed by atoms with Crippen molar-refractivity contribution in [3.05, 3.63) is 59.4 Å². The van der Waals surface area contributed by atoms with Crippen LogP contribution < -0.4 is 10.6 Å². The Morgan fingerprint density at radius 3 is 2.95 bits per heavy atom. The van der Waals surface area contributed by atoms with Crippen LogP contribution >= 0.6 is 11.6 Å². The van der Waals surface area contributed by atoms with Gasteiger partial charge in [0.05, 0.1) is 17.3 Å². The minimum Gasteiger partial charge on any atom is -0.324 e. The van der Waals surface area contributed by atoms with E-state index in [1.165, 1.54) is 0 Å². The van der Waals surface area contributed by atoms with Crippen LogP contribution in [0, 0.1) is 5.92 Å². The van der Waals surface area contributed by atoms with E-state index in [1.54, 1.807) is 18.5 Å². The zero-order valence-corrected chi connectivity index (χ0v) is 13.1. The number of rotatable bonds is 5. The van der Waals surface area contributed by atoms with Gasteiger partial charge in [0.15, 0.2) is 0 Å². The minimum atomic E-state index is -0.510. The van der Waals surface area contributed by atoms with Gasteiger partial charge in [-0.2, -0.15) is 0 Å². The second-order valence-electron chi connectivity index (χ2n) is 5.64. The first-order valence-electron chi connectivity index (χ1n) is 7.29. The Bertz CT molecular complexity index is 677. The summed E-state index contributed by atoms with van der Waals surface area (Å²) in [5.74, 6) is 0.274. The fraction of sp³-hybridized carbons (Fsp3) is 0.294. The van der Waals surface area contributed by atoms with Crippen molar-refractivity contribution in [2.24, 2.45) is 5.92 Å². The highest BCUT2D eigenvalue weighted by atomic mass is 35.5. The molecule has 1 aromatic carbocycles. The van der Waals surface area contributed by atoms with Gasteiger partial charge in [-0.3, -0.25) is 9.78 Å². The van der Waals surface area contributed by atoms with Gasteiger partial charge in [0.2, 0.25) is 5.91 Å². The predicted molar refractivity (Wildman–Crippen MR) is 88.0 cm³/mol. The van der Waals surface area contributed by atoms with Gasteiger partial charge in [0.1, 0.15) is 0 Å². The third-order valence-corrected chi connectivity index (χ3v) is 4.46. The molecule has 0 radical (unpaired) electrons. The van der Waals surface area contributed by atoms with Gasteiger partial charge in [-0.1, -0.05) is 23.7 Å². The van der Waals surface area contributed by atoms with Crippen molar-refractivity contribution < 1.29 is 4.79 Å². The van der Waals surface area contributed by atoms with Crippen molar-refractivity contribution in [2.45, 2.75) is 11.8 Å². The number of carbonyl (C=O) groups excluding carboxylic acids is 1. The van der Waals surface area contributed by atoms with Crippen LogP contribution in [0.2, 0.25) is 5.02 Å². The summed E-state index contributed by atoms with van der Waals surface area (Å²) in [7, 11) is 1.90. The summed E-state index contributed by atoms with van der Waals surface area (Å²) in [6.45, 7) is 0.799. The van der Waals surface area contributed by atoms with Gasteiger partial charge in [-0.25, -0.2) is 0 Å². The van der Waals surface area contributed by atoms with Crippen molar-refractivity contribution in [3.63, 3.8) is 0 Å². The Kier molecular flexibility index (Phi) is 4.14. The number of nitrogens with one attached hydrogen (secondary N) is 2. The minimum absolute atomic E-state index is 0.00279. The molecular formula is C17H18ClN3O. The summed E-state index contributed by atoms with van der Waals surface area (Å²) in [5, 5.41) is 6.79.